The largest absolute Gasteiger partial charge is 0.451 e. The van der Waals surface area contributed by atoms with Crippen molar-refractivity contribution in [2.24, 2.45) is 0 Å². The van der Waals surface area contributed by atoms with E-state index in [2.05, 4.69) is 62.2 Å². The first-order valence-corrected chi connectivity index (χ1v) is 10.8. The highest BCUT2D eigenvalue weighted by Crippen LogP contribution is 2.38. The van der Waals surface area contributed by atoms with E-state index in [0.717, 1.165) is 33.3 Å². The fourth-order valence-electron chi connectivity index (χ4n) is 4.34. The summed E-state index contributed by atoms with van der Waals surface area (Å²) in [5, 5.41) is 3.42. The molecule has 32 heavy (non-hydrogen) atoms. The Kier molecular flexibility index (Phi) is 3.99. The van der Waals surface area contributed by atoms with Crippen molar-refractivity contribution in [2.45, 2.75) is 26.2 Å². The molecule has 6 aromatic rings. The van der Waals surface area contributed by atoms with Gasteiger partial charge in [0.1, 0.15) is 11.1 Å². The molecular formula is C28H22N2O2. The van der Waals surface area contributed by atoms with E-state index in [1.54, 1.807) is 6.20 Å². The lowest BCUT2D eigenvalue weighted by atomic mass is 9.82. The second-order valence-electron chi connectivity index (χ2n) is 9.16. The van der Waals surface area contributed by atoms with Gasteiger partial charge in [0, 0.05) is 17.1 Å². The number of pyridine rings is 1. The van der Waals surface area contributed by atoms with Gasteiger partial charge < -0.3 is 8.83 Å². The molecule has 3 aromatic carbocycles. The summed E-state index contributed by atoms with van der Waals surface area (Å²) in [7, 11) is 0. The maximum atomic E-state index is 6.13. The lowest BCUT2D eigenvalue weighted by Gasteiger charge is -2.22. The van der Waals surface area contributed by atoms with E-state index < -0.39 is 0 Å². The number of nitrogens with zero attached hydrogens (tertiary/aromatic N) is 2. The van der Waals surface area contributed by atoms with Gasteiger partial charge in [-0.2, -0.15) is 0 Å². The Labute approximate surface area is 185 Å². The first-order valence-electron chi connectivity index (χ1n) is 10.8. The molecule has 0 unspecified atom stereocenters. The number of fused-ring (bicyclic) bond motifs is 3. The standard InChI is InChI=1S/C28H22N2O2/c1-28(2,3)21-15-18(14-17-8-4-5-9-19(17)21)26-20-16-25(31-23(20)12-13-29-26)27-30-22-10-6-7-11-24(22)32-27/h4-16H,1-3H3. The molecule has 0 saturated heterocycles. The minimum atomic E-state index is 0.00324. The number of para-hydroxylation sites is 2. The summed E-state index contributed by atoms with van der Waals surface area (Å²) in [6.07, 6.45) is 1.79. The van der Waals surface area contributed by atoms with Crippen molar-refractivity contribution in [2.75, 3.05) is 0 Å². The van der Waals surface area contributed by atoms with Crippen LogP contribution in [0.4, 0.5) is 0 Å². The predicted molar refractivity (Wildman–Crippen MR) is 129 cm³/mol. The zero-order valence-corrected chi connectivity index (χ0v) is 18.2. The SMILES string of the molecule is CC(C)(C)c1cc(-c2nccc3oc(-c4nc5ccccc5o4)cc23)cc2ccccc12. The maximum absolute atomic E-state index is 6.13. The van der Waals surface area contributed by atoms with Gasteiger partial charge in [0.2, 0.25) is 0 Å². The number of rotatable bonds is 2. The van der Waals surface area contributed by atoms with Crippen LogP contribution in [0.15, 0.2) is 87.8 Å². The zero-order chi connectivity index (χ0) is 21.9. The molecule has 6 rings (SSSR count). The summed E-state index contributed by atoms with van der Waals surface area (Å²) in [6.45, 7) is 6.74. The molecule has 0 radical (unpaired) electrons. The van der Waals surface area contributed by atoms with Crippen molar-refractivity contribution in [3.05, 3.63) is 84.6 Å². The van der Waals surface area contributed by atoms with Crippen molar-refractivity contribution in [1.82, 2.24) is 9.97 Å². The summed E-state index contributed by atoms with van der Waals surface area (Å²) >= 11 is 0. The Morgan fingerprint density at radius 2 is 1.56 bits per heavy atom. The Hall–Kier alpha value is -3.92. The Balaban J connectivity index is 1.56. The van der Waals surface area contributed by atoms with Gasteiger partial charge in [0.05, 0.1) is 5.69 Å². The second kappa shape index (κ2) is 6.79. The van der Waals surface area contributed by atoms with Crippen LogP contribution in [-0.2, 0) is 5.41 Å². The molecule has 4 heteroatoms. The van der Waals surface area contributed by atoms with Crippen molar-refractivity contribution >= 4 is 32.8 Å². The van der Waals surface area contributed by atoms with Crippen molar-refractivity contribution < 1.29 is 8.83 Å². The summed E-state index contributed by atoms with van der Waals surface area (Å²) in [5.74, 6) is 1.07. The zero-order valence-electron chi connectivity index (χ0n) is 18.2. The molecule has 3 aromatic heterocycles. The molecule has 0 bridgehead atoms. The molecule has 3 heterocycles. The molecule has 0 aliphatic rings. The van der Waals surface area contributed by atoms with Gasteiger partial charge in [-0.05, 0) is 58.1 Å². The summed E-state index contributed by atoms with van der Waals surface area (Å²) < 4.78 is 12.1. The summed E-state index contributed by atoms with van der Waals surface area (Å²) in [6, 6.07) is 24.6. The van der Waals surface area contributed by atoms with Gasteiger partial charge in [-0.3, -0.25) is 4.98 Å². The van der Waals surface area contributed by atoms with Gasteiger partial charge in [-0.1, -0.05) is 57.2 Å². The number of benzene rings is 3. The number of furan rings is 1. The van der Waals surface area contributed by atoms with Crippen molar-refractivity contribution in [3.8, 4) is 22.9 Å². The van der Waals surface area contributed by atoms with Crippen molar-refractivity contribution in [3.63, 3.8) is 0 Å². The van der Waals surface area contributed by atoms with Crippen LogP contribution in [0.2, 0.25) is 0 Å². The monoisotopic (exact) mass is 418 g/mol. The average Bonchev–Trinajstić information content (AvgIpc) is 3.41. The average molecular weight is 418 g/mol. The van der Waals surface area contributed by atoms with Gasteiger partial charge in [0.25, 0.3) is 5.89 Å². The first-order chi connectivity index (χ1) is 15.5. The minimum Gasteiger partial charge on any atom is -0.451 e. The topological polar surface area (TPSA) is 52.1 Å². The van der Waals surface area contributed by atoms with Crippen LogP contribution in [0, 0.1) is 0 Å². The summed E-state index contributed by atoms with van der Waals surface area (Å²) in [4.78, 5) is 9.33. The number of aromatic nitrogens is 2. The van der Waals surface area contributed by atoms with Crippen molar-refractivity contribution in [1.29, 1.82) is 0 Å². The lowest BCUT2D eigenvalue weighted by Crippen LogP contribution is -2.12. The van der Waals surface area contributed by atoms with Crippen LogP contribution < -0.4 is 0 Å². The normalized spacial score (nSPS) is 12.2. The van der Waals surface area contributed by atoms with E-state index >= 15 is 0 Å². The Morgan fingerprint density at radius 1 is 0.750 bits per heavy atom. The number of hydrogen-bond donors (Lipinski definition) is 0. The van der Waals surface area contributed by atoms with Crippen LogP contribution in [0.5, 0.6) is 0 Å². The molecule has 156 valence electrons. The molecule has 0 aliphatic heterocycles. The second-order valence-corrected chi connectivity index (χ2v) is 9.16. The lowest BCUT2D eigenvalue weighted by molar-refractivity contribution is 0.559. The number of oxazole rings is 1. The molecule has 0 fully saturated rings. The van der Waals surface area contributed by atoms with Crippen LogP contribution in [-0.4, -0.2) is 9.97 Å². The van der Waals surface area contributed by atoms with E-state index in [1.165, 1.54) is 16.3 Å². The van der Waals surface area contributed by atoms with Gasteiger partial charge >= 0.3 is 0 Å². The smallest absolute Gasteiger partial charge is 0.263 e. The molecule has 0 spiro atoms. The third kappa shape index (κ3) is 2.99. The fraction of sp³-hybridized carbons (Fsp3) is 0.143. The predicted octanol–water partition coefficient (Wildman–Crippen LogP) is 7.75. The molecule has 0 saturated carbocycles. The first kappa shape index (κ1) is 18.8. The van der Waals surface area contributed by atoms with E-state index in [-0.39, 0.29) is 5.41 Å². The molecule has 0 amide bonds. The molecule has 0 N–H and O–H groups in total. The van der Waals surface area contributed by atoms with Crippen LogP contribution in [0.3, 0.4) is 0 Å². The number of hydrogen-bond acceptors (Lipinski definition) is 4. The molecular weight excluding hydrogens is 396 g/mol. The van der Waals surface area contributed by atoms with Gasteiger partial charge in [0.15, 0.2) is 11.3 Å². The molecule has 0 aliphatic carbocycles. The maximum Gasteiger partial charge on any atom is 0.263 e. The van der Waals surface area contributed by atoms with Crippen LogP contribution in [0.25, 0.3) is 55.7 Å². The highest BCUT2D eigenvalue weighted by atomic mass is 16.4. The van der Waals surface area contributed by atoms with E-state index in [9.17, 15) is 0 Å². The van der Waals surface area contributed by atoms with Crippen LogP contribution in [0.1, 0.15) is 26.3 Å². The van der Waals surface area contributed by atoms with Gasteiger partial charge in [-0.25, -0.2) is 4.98 Å². The Bertz CT molecular complexity index is 1580. The highest BCUT2D eigenvalue weighted by Gasteiger charge is 2.21. The van der Waals surface area contributed by atoms with E-state index in [1.807, 2.05) is 36.4 Å². The molecule has 4 nitrogen and oxygen atoms in total. The van der Waals surface area contributed by atoms with Crippen LogP contribution >= 0.6 is 0 Å². The Morgan fingerprint density at radius 3 is 2.41 bits per heavy atom. The van der Waals surface area contributed by atoms with E-state index in [0.29, 0.717) is 11.7 Å². The van der Waals surface area contributed by atoms with Gasteiger partial charge in [-0.15, -0.1) is 0 Å². The quantitative estimate of drug-likeness (QED) is 0.288. The summed E-state index contributed by atoms with van der Waals surface area (Å²) in [5.41, 5.74) is 5.58. The third-order valence-electron chi connectivity index (χ3n) is 5.89. The minimum absolute atomic E-state index is 0.00324. The third-order valence-corrected chi connectivity index (χ3v) is 5.89. The fourth-order valence-corrected chi connectivity index (χ4v) is 4.34. The van der Waals surface area contributed by atoms with E-state index in [4.69, 9.17) is 13.8 Å². The molecule has 0 atom stereocenters. The highest BCUT2D eigenvalue weighted by molar-refractivity contribution is 5.98.